The largest absolute Gasteiger partial charge is 0.465 e. The molecule has 2 aromatic carbocycles. The highest BCUT2D eigenvalue weighted by molar-refractivity contribution is 6.07. The quantitative estimate of drug-likeness (QED) is 0.534. The molecule has 0 aliphatic heterocycles. The summed E-state index contributed by atoms with van der Waals surface area (Å²) >= 11 is 0. The minimum atomic E-state index is -0.783. The zero-order chi connectivity index (χ0) is 20.8. The van der Waals surface area contributed by atoms with E-state index in [1.165, 1.54) is 0 Å². The molecule has 0 bridgehead atoms. The van der Waals surface area contributed by atoms with Crippen LogP contribution >= 0.6 is 0 Å². The summed E-state index contributed by atoms with van der Waals surface area (Å²) < 4.78 is 5.19. The molecule has 0 heterocycles. The Bertz CT molecular complexity index is 911. The molecule has 0 radical (unpaired) electrons. The van der Waals surface area contributed by atoms with Crippen LogP contribution in [0, 0.1) is 5.92 Å². The topological polar surface area (TPSA) is 46.6 Å². The maximum absolute atomic E-state index is 12.8. The molecule has 29 heavy (non-hydrogen) atoms. The molecule has 2 atom stereocenters. The second-order valence-electron chi connectivity index (χ2n) is 7.39. The number of carbonyl (C=O) groups is 2. The molecular weight excluding hydrogens is 362 g/mol. The van der Waals surface area contributed by atoms with Crippen LogP contribution in [0.1, 0.15) is 30.4 Å². The summed E-state index contributed by atoms with van der Waals surface area (Å²) in [5.41, 5.74) is 4.10. The first-order valence-corrected chi connectivity index (χ1v) is 9.91. The van der Waals surface area contributed by atoms with Crippen LogP contribution in [0.4, 0.5) is 5.69 Å². The van der Waals surface area contributed by atoms with E-state index in [2.05, 4.69) is 17.0 Å². The molecule has 0 amide bonds. The van der Waals surface area contributed by atoms with E-state index in [4.69, 9.17) is 4.74 Å². The summed E-state index contributed by atoms with van der Waals surface area (Å²) in [5, 5.41) is 0. The Morgan fingerprint density at radius 3 is 2.38 bits per heavy atom. The van der Waals surface area contributed by atoms with Gasteiger partial charge in [0.25, 0.3) is 0 Å². The summed E-state index contributed by atoms with van der Waals surface area (Å²) in [6.07, 6.45) is 6.18. The van der Waals surface area contributed by atoms with E-state index < -0.39 is 11.9 Å². The van der Waals surface area contributed by atoms with Gasteiger partial charge in [-0.1, -0.05) is 54.6 Å². The molecule has 0 aromatic heterocycles. The van der Waals surface area contributed by atoms with Crippen molar-refractivity contribution in [2.75, 3.05) is 25.6 Å². The Balaban J connectivity index is 1.85. The van der Waals surface area contributed by atoms with Crippen LogP contribution in [0.25, 0.3) is 6.08 Å². The van der Waals surface area contributed by atoms with Crippen LogP contribution in [0.15, 0.2) is 72.3 Å². The average Bonchev–Trinajstić information content (AvgIpc) is 2.73. The first-order valence-electron chi connectivity index (χ1n) is 9.91. The van der Waals surface area contributed by atoms with Gasteiger partial charge in [0, 0.05) is 25.7 Å². The minimum absolute atomic E-state index is 0.189. The number of allylic oxidation sites excluding steroid dienone is 3. The van der Waals surface area contributed by atoms with E-state index in [-0.39, 0.29) is 18.3 Å². The van der Waals surface area contributed by atoms with Crippen LogP contribution in [0.3, 0.4) is 0 Å². The number of rotatable bonds is 6. The molecule has 0 spiro atoms. The smallest absolute Gasteiger partial charge is 0.317 e. The Morgan fingerprint density at radius 2 is 1.76 bits per heavy atom. The van der Waals surface area contributed by atoms with E-state index >= 15 is 0 Å². The molecule has 0 saturated heterocycles. The van der Waals surface area contributed by atoms with Gasteiger partial charge in [-0.05, 0) is 48.3 Å². The Labute approximate surface area is 172 Å². The molecule has 0 fully saturated rings. The Hall–Kier alpha value is -3.14. The zero-order valence-corrected chi connectivity index (χ0v) is 17.2. The molecule has 4 heteroatoms. The van der Waals surface area contributed by atoms with Gasteiger partial charge in [0.05, 0.1) is 6.61 Å². The van der Waals surface area contributed by atoms with Gasteiger partial charge in [0.2, 0.25) is 0 Å². The zero-order valence-electron chi connectivity index (χ0n) is 17.2. The number of hydrogen-bond acceptors (Lipinski definition) is 4. The SMILES string of the molecule is CCOC(=O)[C@@H]1C(=O)C=C(/C=C/c2ccc(N(C)C)cc2)C[C@@H]1c1ccccc1. The van der Waals surface area contributed by atoms with Crippen molar-refractivity contribution in [3.63, 3.8) is 0 Å². The van der Waals surface area contributed by atoms with Gasteiger partial charge in [-0.2, -0.15) is 0 Å². The molecule has 3 rings (SSSR count). The molecule has 1 aliphatic carbocycles. The van der Waals surface area contributed by atoms with E-state index in [0.717, 1.165) is 22.4 Å². The van der Waals surface area contributed by atoms with Gasteiger partial charge in [0.15, 0.2) is 5.78 Å². The standard InChI is InChI=1S/C25H27NO3/c1-4-29-25(28)24-22(20-8-6-5-7-9-20)16-19(17-23(24)27)11-10-18-12-14-21(15-13-18)26(2)3/h5-15,17,22,24H,4,16H2,1-3H3/b11-10+/t22-,24+/m1/s1. The number of hydrogen-bond donors (Lipinski definition) is 0. The predicted octanol–water partition coefficient (Wildman–Crippen LogP) is 4.63. The number of anilines is 1. The van der Waals surface area contributed by atoms with Crippen molar-refractivity contribution in [1.82, 2.24) is 0 Å². The summed E-state index contributed by atoms with van der Waals surface area (Å²) in [7, 11) is 4.01. The van der Waals surface area contributed by atoms with Crippen molar-refractivity contribution in [2.45, 2.75) is 19.3 Å². The number of carbonyl (C=O) groups excluding carboxylic acids is 2. The molecule has 0 N–H and O–H groups in total. The lowest BCUT2D eigenvalue weighted by Crippen LogP contribution is -2.34. The lowest BCUT2D eigenvalue weighted by Gasteiger charge is -2.28. The van der Waals surface area contributed by atoms with Gasteiger partial charge in [-0.15, -0.1) is 0 Å². The fourth-order valence-corrected chi connectivity index (χ4v) is 3.63. The predicted molar refractivity (Wildman–Crippen MR) is 117 cm³/mol. The Kier molecular flexibility index (Phi) is 6.65. The van der Waals surface area contributed by atoms with E-state index in [9.17, 15) is 9.59 Å². The lowest BCUT2D eigenvalue weighted by molar-refractivity contribution is -0.151. The van der Waals surface area contributed by atoms with Crippen LogP contribution < -0.4 is 4.90 Å². The normalized spacial score (nSPS) is 19.1. The third-order valence-corrected chi connectivity index (χ3v) is 5.16. The van der Waals surface area contributed by atoms with Crippen molar-refractivity contribution >= 4 is 23.5 Å². The van der Waals surface area contributed by atoms with Gasteiger partial charge in [0.1, 0.15) is 5.92 Å². The maximum atomic E-state index is 12.8. The highest BCUT2D eigenvalue weighted by Gasteiger charge is 2.38. The molecule has 4 nitrogen and oxygen atoms in total. The number of esters is 1. The monoisotopic (exact) mass is 389 g/mol. The van der Waals surface area contributed by atoms with Gasteiger partial charge in [-0.25, -0.2) is 0 Å². The van der Waals surface area contributed by atoms with Crippen molar-refractivity contribution in [2.24, 2.45) is 5.92 Å². The van der Waals surface area contributed by atoms with Crippen molar-refractivity contribution in [1.29, 1.82) is 0 Å². The number of nitrogens with zero attached hydrogens (tertiary/aromatic N) is 1. The highest BCUT2D eigenvalue weighted by Crippen LogP contribution is 2.37. The fraction of sp³-hybridized carbons (Fsp3) is 0.280. The first kappa shape index (κ1) is 20.6. The third kappa shape index (κ3) is 5.02. The van der Waals surface area contributed by atoms with E-state index in [1.54, 1.807) is 13.0 Å². The van der Waals surface area contributed by atoms with Crippen LogP contribution in [-0.2, 0) is 14.3 Å². The highest BCUT2D eigenvalue weighted by atomic mass is 16.5. The second-order valence-corrected chi connectivity index (χ2v) is 7.39. The van der Waals surface area contributed by atoms with Crippen LogP contribution in [-0.4, -0.2) is 32.5 Å². The Morgan fingerprint density at radius 1 is 1.07 bits per heavy atom. The van der Waals surface area contributed by atoms with Crippen LogP contribution in [0.2, 0.25) is 0 Å². The summed E-state index contributed by atoms with van der Waals surface area (Å²) in [6, 6.07) is 18.0. The molecular formula is C25H27NO3. The van der Waals surface area contributed by atoms with Crippen molar-refractivity contribution in [3.8, 4) is 0 Å². The summed E-state index contributed by atoms with van der Waals surface area (Å²) in [6.45, 7) is 2.03. The van der Waals surface area contributed by atoms with E-state index in [1.807, 2.05) is 68.7 Å². The number of ether oxygens (including phenoxy) is 1. The number of ketones is 1. The second kappa shape index (κ2) is 9.37. The van der Waals surface area contributed by atoms with Crippen LogP contribution in [0.5, 0.6) is 0 Å². The first-order chi connectivity index (χ1) is 14.0. The summed E-state index contributed by atoms with van der Waals surface area (Å²) in [5.74, 6) is -1.63. The fourth-order valence-electron chi connectivity index (χ4n) is 3.63. The van der Waals surface area contributed by atoms with Crippen molar-refractivity contribution in [3.05, 3.63) is 83.4 Å². The maximum Gasteiger partial charge on any atom is 0.317 e. The van der Waals surface area contributed by atoms with Gasteiger partial charge in [-0.3, -0.25) is 9.59 Å². The molecule has 0 saturated carbocycles. The van der Waals surface area contributed by atoms with Crippen molar-refractivity contribution < 1.29 is 14.3 Å². The summed E-state index contributed by atoms with van der Waals surface area (Å²) in [4.78, 5) is 27.3. The third-order valence-electron chi connectivity index (χ3n) is 5.16. The molecule has 1 aliphatic rings. The number of benzene rings is 2. The van der Waals surface area contributed by atoms with E-state index in [0.29, 0.717) is 6.42 Å². The molecule has 0 unspecified atom stereocenters. The van der Waals surface area contributed by atoms with Gasteiger partial charge < -0.3 is 9.64 Å². The minimum Gasteiger partial charge on any atom is -0.465 e. The lowest BCUT2D eigenvalue weighted by atomic mass is 9.75. The molecule has 2 aromatic rings. The molecule has 150 valence electrons. The van der Waals surface area contributed by atoms with Gasteiger partial charge >= 0.3 is 5.97 Å². The average molecular weight is 389 g/mol.